The van der Waals surface area contributed by atoms with Gasteiger partial charge in [-0.1, -0.05) is 37.3 Å². The Morgan fingerprint density at radius 2 is 1.97 bits per heavy atom. The van der Waals surface area contributed by atoms with Gasteiger partial charge >= 0.3 is 6.09 Å². The number of ether oxygens (including phenoxy) is 2. The molecule has 1 fully saturated rings. The Morgan fingerprint density at radius 1 is 1.21 bits per heavy atom. The Balaban J connectivity index is 1.72. The zero-order chi connectivity index (χ0) is 23.6. The van der Waals surface area contributed by atoms with E-state index in [1.807, 2.05) is 57.2 Å². The fourth-order valence-electron chi connectivity index (χ4n) is 4.22. The average Bonchev–Trinajstić information content (AvgIpc) is 3.38. The second kappa shape index (κ2) is 9.19. The van der Waals surface area contributed by atoms with Crippen LogP contribution in [-0.2, 0) is 11.2 Å². The summed E-state index contributed by atoms with van der Waals surface area (Å²) >= 11 is 0. The van der Waals surface area contributed by atoms with E-state index in [2.05, 4.69) is 13.0 Å². The molecule has 0 N–H and O–H groups in total. The SMILES string of the molecule is CCCc1oc2ccc(C#N)c(O[C@H]3CCN(C(=O)OC(C)(C)C)C3)c2c1-c1ccccc1. The highest BCUT2D eigenvalue weighted by Gasteiger charge is 2.32. The minimum Gasteiger partial charge on any atom is -0.486 e. The van der Waals surface area contributed by atoms with Gasteiger partial charge in [0.1, 0.15) is 34.9 Å². The lowest BCUT2D eigenvalue weighted by Crippen LogP contribution is -2.36. The van der Waals surface area contributed by atoms with Crippen LogP contribution in [0.15, 0.2) is 46.9 Å². The van der Waals surface area contributed by atoms with E-state index >= 15 is 0 Å². The van der Waals surface area contributed by atoms with Gasteiger partial charge in [-0.15, -0.1) is 0 Å². The van der Waals surface area contributed by atoms with E-state index in [1.165, 1.54) is 0 Å². The molecule has 6 heteroatoms. The molecule has 2 heterocycles. The molecule has 0 unspecified atom stereocenters. The van der Waals surface area contributed by atoms with Crippen molar-refractivity contribution in [3.8, 4) is 22.9 Å². The van der Waals surface area contributed by atoms with Crippen LogP contribution in [0.1, 0.15) is 51.9 Å². The van der Waals surface area contributed by atoms with Crippen LogP contribution in [0.5, 0.6) is 5.75 Å². The fourth-order valence-corrected chi connectivity index (χ4v) is 4.22. The van der Waals surface area contributed by atoms with Gasteiger partial charge in [0.2, 0.25) is 0 Å². The summed E-state index contributed by atoms with van der Waals surface area (Å²) in [6.07, 6.45) is 1.82. The average molecular weight is 447 g/mol. The van der Waals surface area contributed by atoms with Crippen molar-refractivity contribution in [2.75, 3.05) is 13.1 Å². The predicted molar refractivity (Wildman–Crippen MR) is 127 cm³/mol. The molecule has 0 spiro atoms. The molecular formula is C27H30N2O4. The van der Waals surface area contributed by atoms with Gasteiger partial charge in [0.05, 0.1) is 17.5 Å². The molecule has 172 valence electrons. The third-order valence-electron chi connectivity index (χ3n) is 5.62. The second-order valence-corrected chi connectivity index (χ2v) is 9.40. The number of fused-ring (bicyclic) bond motifs is 1. The smallest absolute Gasteiger partial charge is 0.410 e. The fraction of sp³-hybridized carbons (Fsp3) is 0.407. The first-order valence-electron chi connectivity index (χ1n) is 11.5. The number of likely N-dealkylation sites (tertiary alicyclic amines) is 1. The van der Waals surface area contributed by atoms with E-state index in [9.17, 15) is 10.1 Å². The van der Waals surface area contributed by atoms with Gasteiger partial charge in [-0.05, 0) is 44.9 Å². The summed E-state index contributed by atoms with van der Waals surface area (Å²) in [5.41, 5.74) is 2.61. The molecule has 1 aliphatic rings. The van der Waals surface area contributed by atoms with Crippen LogP contribution >= 0.6 is 0 Å². The molecule has 1 amide bonds. The number of nitriles is 1. The van der Waals surface area contributed by atoms with Gasteiger partial charge in [-0.25, -0.2) is 4.79 Å². The molecule has 2 aromatic carbocycles. The molecule has 1 aliphatic heterocycles. The van der Waals surface area contributed by atoms with Crippen LogP contribution < -0.4 is 4.74 Å². The zero-order valence-corrected chi connectivity index (χ0v) is 19.7. The Morgan fingerprint density at radius 3 is 2.64 bits per heavy atom. The van der Waals surface area contributed by atoms with Crippen LogP contribution in [-0.4, -0.2) is 35.8 Å². The summed E-state index contributed by atoms with van der Waals surface area (Å²) in [4.78, 5) is 14.2. The molecule has 0 radical (unpaired) electrons. The maximum absolute atomic E-state index is 12.5. The summed E-state index contributed by atoms with van der Waals surface area (Å²) in [5.74, 6) is 1.41. The normalized spacial score (nSPS) is 16.1. The van der Waals surface area contributed by atoms with E-state index in [4.69, 9.17) is 13.9 Å². The molecule has 0 bridgehead atoms. The lowest BCUT2D eigenvalue weighted by molar-refractivity contribution is 0.0276. The third-order valence-corrected chi connectivity index (χ3v) is 5.62. The molecular weight excluding hydrogens is 416 g/mol. The molecule has 0 saturated carbocycles. The number of rotatable bonds is 5. The van der Waals surface area contributed by atoms with Crippen molar-refractivity contribution in [3.63, 3.8) is 0 Å². The van der Waals surface area contributed by atoms with Gasteiger partial charge in [0, 0.05) is 24.9 Å². The first-order chi connectivity index (χ1) is 15.8. The Kier molecular flexibility index (Phi) is 6.33. The Labute approximate surface area is 194 Å². The first-order valence-corrected chi connectivity index (χ1v) is 11.5. The lowest BCUT2D eigenvalue weighted by atomic mass is 9.98. The maximum atomic E-state index is 12.5. The number of hydrogen-bond donors (Lipinski definition) is 0. The van der Waals surface area contributed by atoms with Crippen molar-refractivity contribution in [3.05, 3.63) is 53.8 Å². The largest absolute Gasteiger partial charge is 0.486 e. The van der Waals surface area contributed by atoms with Crippen LogP contribution in [0.4, 0.5) is 4.79 Å². The maximum Gasteiger partial charge on any atom is 0.410 e. The number of carbonyl (C=O) groups is 1. The van der Waals surface area contributed by atoms with Gasteiger partial charge < -0.3 is 18.8 Å². The number of hydrogen-bond acceptors (Lipinski definition) is 5. The summed E-state index contributed by atoms with van der Waals surface area (Å²) in [6.45, 7) is 8.64. The van der Waals surface area contributed by atoms with Crippen LogP contribution in [0.3, 0.4) is 0 Å². The summed E-state index contributed by atoms with van der Waals surface area (Å²) in [6, 6.07) is 15.9. The van der Waals surface area contributed by atoms with E-state index in [1.54, 1.807) is 11.0 Å². The predicted octanol–water partition coefficient (Wildman–Crippen LogP) is 6.31. The molecule has 1 saturated heterocycles. The standard InChI is InChI=1S/C27H30N2O4/c1-5-9-21-23(18-10-7-6-8-11-18)24-22(32-21)13-12-19(16-28)25(24)31-20-14-15-29(17-20)26(30)33-27(2,3)4/h6-8,10-13,20H,5,9,14-15,17H2,1-4H3/t20-/m0/s1. The highest BCUT2D eigenvalue weighted by molar-refractivity contribution is 6.01. The zero-order valence-electron chi connectivity index (χ0n) is 19.7. The minimum atomic E-state index is -0.549. The second-order valence-electron chi connectivity index (χ2n) is 9.40. The Hall–Kier alpha value is -3.46. The van der Waals surface area contributed by atoms with E-state index in [-0.39, 0.29) is 12.2 Å². The third kappa shape index (κ3) is 4.83. The number of furan rings is 1. The van der Waals surface area contributed by atoms with Crippen molar-refractivity contribution in [2.45, 2.75) is 58.7 Å². The van der Waals surface area contributed by atoms with Crippen molar-refractivity contribution >= 4 is 17.1 Å². The van der Waals surface area contributed by atoms with Gasteiger partial charge in [0.15, 0.2) is 0 Å². The minimum absolute atomic E-state index is 0.233. The van der Waals surface area contributed by atoms with E-state index in [0.717, 1.165) is 35.1 Å². The summed E-state index contributed by atoms with van der Waals surface area (Å²) < 4.78 is 18.2. The molecule has 33 heavy (non-hydrogen) atoms. The topological polar surface area (TPSA) is 75.7 Å². The number of carbonyl (C=O) groups excluding carboxylic acids is 1. The van der Waals surface area contributed by atoms with Crippen molar-refractivity contribution in [1.29, 1.82) is 5.26 Å². The van der Waals surface area contributed by atoms with Crippen LogP contribution in [0.2, 0.25) is 0 Å². The lowest BCUT2D eigenvalue weighted by Gasteiger charge is -2.24. The van der Waals surface area contributed by atoms with E-state index < -0.39 is 5.60 Å². The number of aryl methyl sites for hydroxylation is 1. The highest BCUT2D eigenvalue weighted by Crippen LogP contribution is 2.43. The van der Waals surface area contributed by atoms with Crippen molar-refractivity contribution < 1.29 is 18.7 Å². The molecule has 3 aromatic rings. The number of benzene rings is 2. The molecule has 4 rings (SSSR count). The number of nitrogens with zero attached hydrogens (tertiary/aromatic N) is 2. The van der Waals surface area contributed by atoms with Crippen molar-refractivity contribution in [1.82, 2.24) is 4.90 Å². The van der Waals surface area contributed by atoms with E-state index in [0.29, 0.717) is 36.4 Å². The molecule has 1 atom stereocenters. The monoisotopic (exact) mass is 446 g/mol. The van der Waals surface area contributed by atoms with Crippen LogP contribution in [0, 0.1) is 11.3 Å². The van der Waals surface area contributed by atoms with Crippen molar-refractivity contribution in [2.24, 2.45) is 0 Å². The van der Waals surface area contributed by atoms with Gasteiger partial charge in [-0.3, -0.25) is 0 Å². The molecule has 1 aromatic heterocycles. The number of amides is 1. The Bertz CT molecular complexity index is 1180. The highest BCUT2D eigenvalue weighted by atomic mass is 16.6. The molecule has 0 aliphatic carbocycles. The summed E-state index contributed by atoms with van der Waals surface area (Å²) in [5, 5.41) is 10.7. The quantitative estimate of drug-likeness (QED) is 0.459. The molecule has 6 nitrogen and oxygen atoms in total. The van der Waals surface area contributed by atoms with Gasteiger partial charge in [-0.2, -0.15) is 5.26 Å². The first kappa shape index (κ1) is 22.7. The summed E-state index contributed by atoms with van der Waals surface area (Å²) in [7, 11) is 0. The van der Waals surface area contributed by atoms with Gasteiger partial charge in [0.25, 0.3) is 0 Å². The van der Waals surface area contributed by atoms with Crippen LogP contribution in [0.25, 0.3) is 22.1 Å².